The van der Waals surface area contributed by atoms with Crippen LogP contribution in [0.15, 0.2) is 18.2 Å². The van der Waals surface area contributed by atoms with Gasteiger partial charge in [-0.1, -0.05) is 24.6 Å². The monoisotopic (exact) mass is 164 g/mol. The second-order valence-corrected chi connectivity index (χ2v) is 2.93. The van der Waals surface area contributed by atoms with Crippen LogP contribution in [0.3, 0.4) is 0 Å². The van der Waals surface area contributed by atoms with Crippen LogP contribution in [0.1, 0.15) is 35.8 Å². The van der Waals surface area contributed by atoms with Crippen molar-refractivity contribution in [1.82, 2.24) is 0 Å². The van der Waals surface area contributed by atoms with E-state index in [-0.39, 0.29) is 13.2 Å². The van der Waals surface area contributed by atoms with Crippen molar-refractivity contribution in [3.63, 3.8) is 0 Å². The molecule has 1 nitrogen and oxygen atoms in total. The smallest absolute Gasteiger partial charge is 0.159 e. The molecule has 66 valence electrons. The minimum absolute atomic E-state index is 0. The first-order valence-electron chi connectivity index (χ1n) is 3.69. The molecule has 0 spiro atoms. The molecule has 12 heavy (non-hydrogen) atoms. The number of benzene rings is 1. The van der Waals surface area contributed by atoms with Crippen molar-refractivity contribution in [1.29, 1.82) is 0 Å². The van der Waals surface area contributed by atoms with Gasteiger partial charge in [-0.3, -0.25) is 4.79 Å². The predicted octanol–water partition coefficient (Wildman–Crippen LogP) is 3.14. The number of rotatable bonds is 1. The molecule has 0 aromatic heterocycles. The van der Waals surface area contributed by atoms with Crippen molar-refractivity contribution in [2.75, 3.05) is 0 Å². The van der Waals surface area contributed by atoms with Crippen LogP contribution in [0.25, 0.3) is 0 Å². The Morgan fingerprint density at radius 1 is 1.08 bits per heavy atom. The van der Waals surface area contributed by atoms with Gasteiger partial charge in [0.1, 0.15) is 0 Å². The van der Waals surface area contributed by atoms with Crippen LogP contribution in [0.5, 0.6) is 0 Å². The fourth-order valence-corrected chi connectivity index (χ4v) is 1.18. The van der Waals surface area contributed by atoms with Crippen LogP contribution >= 0.6 is 0 Å². The van der Waals surface area contributed by atoms with Gasteiger partial charge in [0.2, 0.25) is 0 Å². The SMILES string of the molecule is C.CC(=O)c1cc(C)cc(C)c1. The van der Waals surface area contributed by atoms with Gasteiger partial charge in [0.25, 0.3) is 0 Å². The summed E-state index contributed by atoms with van der Waals surface area (Å²) < 4.78 is 0. The molecule has 0 saturated carbocycles. The van der Waals surface area contributed by atoms with Crippen LogP contribution in [-0.4, -0.2) is 5.78 Å². The summed E-state index contributed by atoms with van der Waals surface area (Å²) in [7, 11) is 0. The largest absolute Gasteiger partial charge is 0.295 e. The van der Waals surface area contributed by atoms with Crippen molar-refractivity contribution in [2.45, 2.75) is 28.2 Å². The van der Waals surface area contributed by atoms with Crippen LogP contribution in [-0.2, 0) is 0 Å². The third-order valence-corrected chi connectivity index (χ3v) is 1.63. The minimum atomic E-state index is 0. The van der Waals surface area contributed by atoms with Gasteiger partial charge in [-0.15, -0.1) is 0 Å². The van der Waals surface area contributed by atoms with Crippen molar-refractivity contribution < 1.29 is 4.79 Å². The molecule has 0 bridgehead atoms. The fourth-order valence-electron chi connectivity index (χ4n) is 1.18. The summed E-state index contributed by atoms with van der Waals surface area (Å²) >= 11 is 0. The molecule has 0 aliphatic rings. The van der Waals surface area contributed by atoms with Crippen molar-refractivity contribution >= 4 is 5.78 Å². The lowest BCUT2D eigenvalue weighted by Crippen LogP contribution is -1.93. The van der Waals surface area contributed by atoms with E-state index in [1.54, 1.807) is 6.92 Å². The number of carbonyl (C=O) groups excluding carboxylic acids is 1. The minimum Gasteiger partial charge on any atom is -0.295 e. The van der Waals surface area contributed by atoms with Crippen molar-refractivity contribution in [3.8, 4) is 0 Å². The third kappa shape index (κ3) is 2.50. The zero-order chi connectivity index (χ0) is 8.43. The number of carbonyl (C=O) groups is 1. The molecular formula is C11H16O. The lowest BCUT2D eigenvalue weighted by Gasteiger charge is -1.99. The van der Waals surface area contributed by atoms with E-state index in [0.717, 1.165) is 16.7 Å². The highest BCUT2D eigenvalue weighted by molar-refractivity contribution is 5.94. The Bertz CT molecular complexity index is 267. The summed E-state index contributed by atoms with van der Waals surface area (Å²) in [5, 5.41) is 0. The normalized spacial score (nSPS) is 8.92. The maximum Gasteiger partial charge on any atom is 0.159 e. The Hall–Kier alpha value is -1.11. The first kappa shape index (κ1) is 10.9. The molecule has 1 rings (SSSR count). The zero-order valence-corrected chi connectivity index (χ0v) is 7.14. The van der Waals surface area contributed by atoms with Crippen LogP contribution in [0.2, 0.25) is 0 Å². The van der Waals surface area contributed by atoms with Gasteiger partial charge in [0.15, 0.2) is 5.78 Å². The molecule has 0 radical (unpaired) electrons. The van der Waals surface area contributed by atoms with Gasteiger partial charge >= 0.3 is 0 Å². The maximum atomic E-state index is 10.9. The summed E-state index contributed by atoms with van der Waals surface area (Å²) in [6, 6.07) is 5.89. The highest BCUT2D eigenvalue weighted by Gasteiger charge is 1.99. The lowest BCUT2D eigenvalue weighted by atomic mass is 10.1. The molecule has 0 atom stereocenters. The van der Waals surface area contributed by atoms with Crippen LogP contribution in [0, 0.1) is 13.8 Å². The lowest BCUT2D eigenvalue weighted by molar-refractivity contribution is 0.101. The number of ketones is 1. The zero-order valence-electron chi connectivity index (χ0n) is 7.14. The summed E-state index contributed by atoms with van der Waals surface area (Å²) in [6.45, 7) is 5.59. The average molecular weight is 164 g/mol. The first-order chi connectivity index (χ1) is 5.09. The number of Topliss-reactive ketones (excluding diaryl/α,β-unsaturated/α-hetero) is 1. The molecule has 0 aliphatic carbocycles. The van der Waals surface area contributed by atoms with E-state index in [1.807, 2.05) is 26.0 Å². The average Bonchev–Trinajstić information content (AvgIpc) is 1.85. The molecule has 0 saturated heterocycles. The van der Waals surface area contributed by atoms with E-state index in [4.69, 9.17) is 0 Å². The molecule has 0 amide bonds. The van der Waals surface area contributed by atoms with E-state index < -0.39 is 0 Å². The second kappa shape index (κ2) is 4.05. The van der Waals surface area contributed by atoms with E-state index in [1.165, 1.54) is 0 Å². The van der Waals surface area contributed by atoms with Gasteiger partial charge in [0.05, 0.1) is 0 Å². The first-order valence-corrected chi connectivity index (χ1v) is 3.69. The molecule has 0 unspecified atom stereocenters. The fraction of sp³-hybridized carbons (Fsp3) is 0.364. The van der Waals surface area contributed by atoms with Gasteiger partial charge in [-0.2, -0.15) is 0 Å². The molecule has 1 aromatic rings. The summed E-state index contributed by atoms with van der Waals surface area (Å²) in [4.78, 5) is 10.9. The van der Waals surface area contributed by atoms with Gasteiger partial charge in [-0.05, 0) is 32.9 Å². The Morgan fingerprint density at radius 2 is 1.50 bits per heavy atom. The van der Waals surface area contributed by atoms with Crippen molar-refractivity contribution in [3.05, 3.63) is 34.9 Å². The Morgan fingerprint density at radius 3 is 1.83 bits per heavy atom. The molecule has 0 fully saturated rings. The highest BCUT2D eigenvalue weighted by Crippen LogP contribution is 2.08. The van der Waals surface area contributed by atoms with E-state index in [2.05, 4.69) is 6.07 Å². The van der Waals surface area contributed by atoms with Gasteiger partial charge < -0.3 is 0 Å². The highest BCUT2D eigenvalue weighted by atomic mass is 16.1. The Balaban J connectivity index is 0.00000121. The molecular weight excluding hydrogens is 148 g/mol. The van der Waals surface area contributed by atoms with E-state index in [9.17, 15) is 4.79 Å². The number of hydrogen-bond acceptors (Lipinski definition) is 1. The molecule has 1 heteroatoms. The number of aryl methyl sites for hydroxylation is 2. The van der Waals surface area contributed by atoms with E-state index >= 15 is 0 Å². The second-order valence-electron chi connectivity index (χ2n) is 2.93. The molecule has 0 aliphatic heterocycles. The summed E-state index contributed by atoms with van der Waals surface area (Å²) in [5.41, 5.74) is 3.10. The Labute approximate surface area is 74.4 Å². The number of hydrogen-bond donors (Lipinski definition) is 0. The summed E-state index contributed by atoms with van der Waals surface area (Å²) in [5.74, 6) is 0.136. The van der Waals surface area contributed by atoms with Crippen molar-refractivity contribution in [2.24, 2.45) is 0 Å². The quantitative estimate of drug-likeness (QED) is 0.583. The molecule has 0 heterocycles. The van der Waals surface area contributed by atoms with Crippen LogP contribution < -0.4 is 0 Å². The molecule has 0 N–H and O–H groups in total. The van der Waals surface area contributed by atoms with Gasteiger partial charge in [-0.25, -0.2) is 0 Å². The summed E-state index contributed by atoms with van der Waals surface area (Å²) in [6.07, 6.45) is 0. The third-order valence-electron chi connectivity index (χ3n) is 1.63. The van der Waals surface area contributed by atoms with Crippen LogP contribution in [0.4, 0.5) is 0 Å². The standard InChI is InChI=1S/C10H12O.CH4/c1-7-4-8(2)6-10(5-7)9(3)11;/h4-6H,1-3H3;1H4. The molecule has 1 aromatic carbocycles. The van der Waals surface area contributed by atoms with Gasteiger partial charge in [0, 0.05) is 5.56 Å². The topological polar surface area (TPSA) is 17.1 Å². The van der Waals surface area contributed by atoms with E-state index in [0.29, 0.717) is 0 Å². The maximum absolute atomic E-state index is 10.9. The predicted molar refractivity (Wildman–Crippen MR) is 52.7 cm³/mol. The Kier molecular flexibility index (Phi) is 3.68.